The van der Waals surface area contributed by atoms with Gasteiger partial charge in [-0.2, -0.15) is 0 Å². The first-order valence-corrected chi connectivity index (χ1v) is 7.40. The number of rotatable bonds is 1. The molecule has 2 heterocycles. The standard InChI is InChI=1S/C9H5Br3N2OS/c1-3-6(11)9(15)14-8(13-3)5-2-4(10)7(12)16-5/h2H,1H3,(H,13,14,15). The number of thiophene rings is 1. The summed E-state index contributed by atoms with van der Waals surface area (Å²) in [5.74, 6) is 0.585. The van der Waals surface area contributed by atoms with Crippen LogP contribution in [0.2, 0.25) is 0 Å². The summed E-state index contributed by atoms with van der Waals surface area (Å²) in [6.07, 6.45) is 0. The molecular weight excluding hydrogens is 424 g/mol. The minimum absolute atomic E-state index is 0.164. The molecule has 0 aliphatic heterocycles. The van der Waals surface area contributed by atoms with E-state index in [9.17, 15) is 4.79 Å². The molecule has 0 aromatic carbocycles. The Balaban J connectivity index is 2.61. The van der Waals surface area contributed by atoms with Crippen molar-refractivity contribution in [2.45, 2.75) is 6.92 Å². The third kappa shape index (κ3) is 2.32. The molecule has 0 fully saturated rings. The van der Waals surface area contributed by atoms with Crippen molar-refractivity contribution < 1.29 is 0 Å². The Morgan fingerprint density at radius 3 is 2.56 bits per heavy atom. The fraction of sp³-hybridized carbons (Fsp3) is 0.111. The first-order chi connectivity index (χ1) is 7.49. The van der Waals surface area contributed by atoms with Crippen molar-refractivity contribution in [1.82, 2.24) is 9.97 Å². The molecule has 0 spiro atoms. The molecule has 0 atom stereocenters. The Kier molecular flexibility index (Phi) is 3.68. The molecule has 0 bridgehead atoms. The quantitative estimate of drug-likeness (QED) is 0.743. The van der Waals surface area contributed by atoms with Gasteiger partial charge in [0.05, 0.1) is 14.4 Å². The fourth-order valence-electron chi connectivity index (χ4n) is 1.15. The van der Waals surface area contributed by atoms with Crippen LogP contribution in [0, 0.1) is 6.92 Å². The zero-order valence-corrected chi connectivity index (χ0v) is 13.5. The van der Waals surface area contributed by atoms with Gasteiger partial charge in [0.25, 0.3) is 5.56 Å². The molecule has 0 radical (unpaired) electrons. The maximum Gasteiger partial charge on any atom is 0.265 e. The Labute approximate surface area is 121 Å². The van der Waals surface area contributed by atoms with Crippen LogP contribution >= 0.6 is 59.1 Å². The first-order valence-electron chi connectivity index (χ1n) is 4.20. The predicted octanol–water partition coefficient (Wildman–Crippen LogP) is 4.09. The number of nitrogens with zero attached hydrogens (tertiary/aromatic N) is 1. The summed E-state index contributed by atoms with van der Waals surface area (Å²) in [6.45, 7) is 1.79. The van der Waals surface area contributed by atoms with Crippen molar-refractivity contribution in [3.05, 3.63) is 34.8 Å². The Morgan fingerprint density at radius 2 is 2.06 bits per heavy atom. The highest BCUT2D eigenvalue weighted by atomic mass is 79.9. The van der Waals surface area contributed by atoms with E-state index in [2.05, 4.69) is 57.8 Å². The van der Waals surface area contributed by atoms with Crippen molar-refractivity contribution in [2.24, 2.45) is 0 Å². The lowest BCUT2D eigenvalue weighted by molar-refractivity contribution is 1.06. The number of nitrogens with one attached hydrogen (secondary N) is 1. The number of H-pyrrole nitrogens is 1. The van der Waals surface area contributed by atoms with E-state index < -0.39 is 0 Å². The molecule has 16 heavy (non-hydrogen) atoms. The van der Waals surface area contributed by atoms with Crippen LogP contribution in [0.4, 0.5) is 0 Å². The van der Waals surface area contributed by atoms with Gasteiger partial charge < -0.3 is 4.98 Å². The van der Waals surface area contributed by atoms with Crippen molar-refractivity contribution >= 4 is 59.1 Å². The Bertz CT molecular complexity index is 586. The van der Waals surface area contributed by atoms with E-state index in [4.69, 9.17) is 0 Å². The van der Waals surface area contributed by atoms with Crippen LogP contribution in [0.15, 0.2) is 23.6 Å². The van der Waals surface area contributed by atoms with Crippen LogP contribution in [0.25, 0.3) is 10.7 Å². The van der Waals surface area contributed by atoms with Gasteiger partial charge in [0.1, 0.15) is 4.47 Å². The second kappa shape index (κ2) is 4.72. The molecule has 1 N–H and O–H groups in total. The van der Waals surface area contributed by atoms with Gasteiger partial charge in [0, 0.05) is 4.47 Å². The van der Waals surface area contributed by atoms with Gasteiger partial charge in [-0.3, -0.25) is 4.79 Å². The van der Waals surface area contributed by atoms with Crippen LogP contribution in [-0.2, 0) is 0 Å². The van der Waals surface area contributed by atoms with Crippen LogP contribution in [0.5, 0.6) is 0 Å². The molecule has 2 aromatic rings. The molecule has 84 valence electrons. The van der Waals surface area contributed by atoms with Gasteiger partial charge in [-0.1, -0.05) is 0 Å². The highest BCUT2D eigenvalue weighted by Crippen LogP contribution is 2.36. The van der Waals surface area contributed by atoms with Crippen molar-refractivity contribution in [1.29, 1.82) is 0 Å². The van der Waals surface area contributed by atoms with Crippen molar-refractivity contribution in [3.63, 3.8) is 0 Å². The molecule has 0 saturated heterocycles. The number of hydrogen-bond donors (Lipinski definition) is 1. The van der Waals surface area contributed by atoms with Crippen LogP contribution in [-0.4, -0.2) is 9.97 Å². The second-order valence-electron chi connectivity index (χ2n) is 3.05. The summed E-state index contributed by atoms with van der Waals surface area (Å²) in [5, 5.41) is 0. The molecule has 2 rings (SSSR count). The zero-order chi connectivity index (χ0) is 11.9. The number of aromatic nitrogens is 2. The number of aromatic amines is 1. The first kappa shape index (κ1) is 12.5. The minimum Gasteiger partial charge on any atom is -0.305 e. The molecule has 0 saturated carbocycles. The van der Waals surface area contributed by atoms with Crippen LogP contribution < -0.4 is 5.56 Å². The average molecular weight is 429 g/mol. The topological polar surface area (TPSA) is 45.8 Å². The zero-order valence-electron chi connectivity index (χ0n) is 7.97. The lowest BCUT2D eigenvalue weighted by Gasteiger charge is -2.00. The number of halogens is 3. The van der Waals surface area contributed by atoms with Crippen LogP contribution in [0.3, 0.4) is 0 Å². The van der Waals surface area contributed by atoms with E-state index in [0.29, 0.717) is 16.0 Å². The molecule has 7 heteroatoms. The molecule has 0 amide bonds. The normalized spacial score (nSPS) is 10.8. The van der Waals surface area contributed by atoms with E-state index in [0.717, 1.165) is 13.1 Å². The largest absolute Gasteiger partial charge is 0.305 e. The average Bonchev–Trinajstić information content (AvgIpc) is 2.55. The fourth-order valence-corrected chi connectivity index (χ4v) is 3.32. The van der Waals surface area contributed by atoms with Crippen molar-refractivity contribution in [2.75, 3.05) is 0 Å². The van der Waals surface area contributed by atoms with Crippen molar-refractivity contribution in [3.8, 4) is 10.7 Å². The molecular formula is C9H5Br3N2OS. The third-order valence-electron chi connectivity index (χ3n) is 1.91. The van der Waals surface area contributed by atoms with Gasteiger partial charge >= 0.3 is 0 Å². The van der Waals surface area contributed by atoms with Gasteiger partial charge in [-0.05, 0) is 60.8 Å². The number of aryl methyl sites for hydroxylation is 1. The van der Waals surface area contributed by atoms with Gasteiger partial charge in [0.2, 0.25) is 0 Å². The smallest absolute Gasteiger partial charge is 0.265 e. The van der Waals surface area contributed by atoms with E-state index in [1.165, 1.54) is 11.3 Å². The maximum atomic E-state index is 11.6. The summed E-state index contributed by atoms with van der Waals surface area (Å²) in [7, 11) is 0. The lowest BCUT2D eigenvalue weighted by atomic mass is 10.4. The van der Waals surface area contributed by atoms with E-state index >= 15 is 0 Å². The van der Waals surface area contributed by atoms with E-state index in [1.54, 1.807) is 6.92 Å². The van der Waals surface area contributed by atoms with Crippen LogP contribution in [0.1, 0.15) is 5.69 Å². The predicted molar refractivity (Wildman–Crippen MR) is 76.0 cm³/mol. The monoisotopic (exact) mass is 426 g/mol. The summed E-state index contributed by atoms with van der Waals surface area (Å²) < 4.78 is 2.41. The second-order valence-corrected chi connectivity index (χ2v) is 7.06. The van der Waals surface area contributed by atoms with E-state index in [-0.39, 0.29) is 5.56 Å². The molecule has 3 nitrogen and oxygen atoms in total. The summed E-state index contributed by atoms with van der Waals surface area (Å²) in [6, 6.07) is 1.92. The summed E-state index contributed by atoms with van der Waals surface area (Å²) >= 11 is 11.5. The lowest BCUT2D eigenvalue weighted by Crippen LogP contribution is -2.11. The molecule has 0 aliphatic rings. The van der Waals surface area contributed by atoms with E-state index in [1.807, 2.05) is 6.07 Å². The maximum absolute atomic E-state index is 11.6. The van der Waals surface area contributed by atoms with Gasteiger partial charge in [0.15, 0.2) is 5.82 Å². The molecule has 0 unspecified atom stereocenters. The minimum atomic E-state index is -0.164. The third-order valence-corrected chi connectivity index (χ3v) is 6.10. The molecule has 0 aliphatic carbocycles. The highest BCUT2D eigenvalue weighted by molar-refractivity contribution is 9.13. The highest BCUT2D eigenvalue weighted by Gasteiger charge is 2.11. The van der Waals surface area contributed by atoms with Gasteiger partial charge in [-0.25, -0.2) is 4.98 Å². The summed E-state index contributed by atoms with van der Waals surface area (Å²) in [5.41, 5.74) is 0.516. The summed E-state index contributed by atoms with van der Waals surface area (Å²) in [4.78, 5) is 19.5. The molecule has 2 aromatic heterocycles. The Hall–Kier alpha value is 0.0200. The SMILES string of the molecule is Cc1nc(-c2cc(Br)c(Br)s2)[nH]c(=O)c1Br. The van der Waals surface area contributed by atoms with Gasteiger partial charge in [-0.15, -0.1) is 11.3 Å². The Morgan fingerprint density at radius 1 is 1.38 bits per heavy atom. The number of hydrogen-bond acceptors (Lipinski definition) is 3.